The van der Waals surface area contributed by atoms with Gasteiger partial charge < -0.3 is 24.6 Å². The summed E-state index contributed by atoms with van der Waals surface area (Å²) in [5, 5.41) is 12.7. The predicted octanol–water partition coefficient (Wildman–Crippen LogP) is 2.77. The summed E-state index contributed by atoms with van der Waals surface area (Å²) in [6.07, 6.45) is 2.32. The number of benzene rings is 1. The summed E-state index contributed by atoms with van der Waals surface area (Å²) in [6, 6.07) is 3.25. The molecule has 0 aliphatic rings. The van der Waals surface area contributed by atoms with E-state index in [0.717, 1.165) is 12.8 Å². The highest BCUT2D eigenvalue weighted by atomic mass is 16.5. The molecule has 0 fully saturated rings. The Kier molecular flexibility index (Phi) is 7.35. The highest BCUT2D eigenvalue weighted by Gasteiger charge is 2.18. The third kappa shape index (κ3) is 5.92. The molecular weight excluding hydrogens is 310 g/mol. The van der Waals surface area contributed by atoms with Gasteiger partial charge in [-0.25, -0.2) is 0 Å². The van der Waals surface area contributed by atoms with Crippen LogP contribution in [0, 0.1) is 0 Å². The minimum atomic E-state index is -0.680. The Morgan fingerprint density at radius 1 is 1.17 bits per heavy atom. The van der Waals surface area contributed by atoms with Crippen molar-refractivity contribution in [1.82, 2.24) is 5.32 Å². The van der Waals surface area contributed by atoms with Crippen molar-refractivity contribution >= 4 is 5.91 Å². The van der Waals surface area contributed by atoms with Crippen LogP contribution in [0.2, 0.25) is 0 Å². The second-order valence-electron chi connectivity index (χ2n) is 6.49. The number of ether oxygens (including phenoxy) is 3. The Morgan fingerprint density at radius 2 is 1.71 bits per heavy atom. The zero-order valence-electron chi connectivity index (χ0n) is 15.4. The largest absolute Gasteiger partial charge is 0.493 e. The van der Waals surface area contributed by atoms with Crippen LogP contribution in [0.1, 0.15) is 50.4 Å². The maximum absolute atomic E-state index is 12.4. The number of hydrogen-bond donors (Lipinski definition) is 2. The van der Waals surface area contributed by atoms with Gasteiger partial charge in [-0.2, -0.15) is 0 Å². The molecule has 0 saturated heterocycles. The fourth-order valence-corrected chi connectivity index (χ4v) is 2.43. The molecule has 0 aliphatic heterocycles. The first-order valence-corrected chi connectivity index (χ1v) is 8.05. The van der Waals surface area contributed by atoms with Crippen LogP contribution in [-0.2, 0) is 0 Å². The van der Waals surface area contributed by atoms with E-state index in [2.05, 4.69) is 5.32 Å². The lowest BCUT2D eigenvalue weighted by molar-refractivity contribution is 0.0674. The normalized spacial score (nSPS) is 12.5. The molecule has 1 aromatic carbocycles. The molecule has 0 aromatic heterocycles. The van der Waals surface area contributed by atoms with Gasteiger partial charge in [0.1, 0.15) is 0 Å². The topological polar surface area (TPSA) is 77.0 Å². The fourth-order valence-electron chi connectivity index (χ4n) is 2.43. The van der Waals surface area contributed by atoms with Gasteiger partial charge in [-0.05, 0) is 52.2 Å². The molecule has 6 nitrogen and oxygen atoms in total. The van der Waals surface area contributed by atoms with Crippen molar-refractivity contribution < 1.29 is 24.1 Å². The Bertz CT molecular complexity index is 526. The van der Waals surface area contributed by atoms with Crippen LogP contribution < -0.4 is 19.5 Å². The fraction of sp³-hybridized carbons (Fsp3) is 0.611. The van der Waals surface area contributed by atoms with Crippen LogP contribution in [-0.4, -0.2) is 44.0 Å². The van der Waals surface area contributed by atoms with E-state index < -0.39 is 5.60 Å². The molecule has 136 valence electrons. The maximum Gasteiger partial charge on any atom is 0.251 e. The highest BCUT2D eigenvalue weighted by molar-refractivity contribution is 5.95. The summed E-state index contributed by atoms with van der Waals surface area (Å²) in [5.74, 6) is 1.13. The van der Waals surface area contributed by atoms with Crippen LogP contribution in [0.5, 0.6) is 17.2 Å². The Hall–Kier alpha value is -1.95. The van der Waals surface area contributed by atoms with Crippen molar-refractivity contribution in [3.05, 3.63) is 17.7 Å². The van der Waals surface area contributed by atoms with E-state index in [0.29, 0.717) is 29.2 Å². The number of carbonyl (C=O) groups is 1. The molecule has 0 saturated carbocycles. The molecule has 0 bridgehead atoms. The van der Waals surface area contributed by atoms with Crippen molar-refractivity contribution in [1.29, 1.82) is 0 Å². The first-order chi connectivity index (χ1) is 11.2. The number of carbonyl (C=O) groups excluding carboxylic acids is 1. The molecule has 0 radical (unpaired) electrons. The van der Waals surface area contributed by atoms with Crippen molar-refractivity contribution in [2.45, 2.75) is 51.7 Å². The minimum Gasteiger partial charge on any atom is -0.493 e. The average molecular weight is 339 g/mol. The number of methoxy groups -OCH3 is 3. The molecular formula is C18H29NO5. The smallest absolute Gasteiger partial charge is 0.251 e. The minimum absolute atomic E-state index is 0.000980. The number of aliphatic hydroxyl groups is 1. The van der Waals surface area contributed by atoms with Gasteiger partial charge in [0.15, 0.2) is 11.5 Å². The lowest BCUT2D eigenvalue weighted by Gasteiger charge is -2.19. The molecule has 1 aromatic rings. The molecule has 2 N–H and O–H groups in total. The number of nitrogens with one attached hydrogen (secondary N) is 1. The molecule has 1 unspecified atom stereocenters. The van der Waals surface area contributed by atoms with E-state index in [9.17, 15) is 9.90 Å². The standard InChI is InChI=1S/C18H29NO5/c1-12(8-7-9-18(2,3)21)19-17(20)13-10-14(22-4)16(24-6)15(11-13)23-5/h10-12,21H,7-9H2,1-6H3,(H,19,20). The molecule has 1 rings (SSSR count). The summed E-state index contributed by atoms with van der Waals surface area (Å²) in [4.78, 5) is 12.4. The van der Waals surface area contributed by atoms with E-state index in [-0.39, 0.29) is 11.9 Å². The molecule has 6 heteroatoms. The van der Waals surface area contributed by atoms with E-state index in [1.54, 1.807) is 26.0 Å². The van der Waals surface area contributed by atoms with Gasteiger partial charge in [0.2, 0.25) is 5.75 Å². The van der Waals surface area contributed by atoms with Crippen molar-refractivity contribution in [3.8, 4) is 17.2 Å². The molecule has 1 atom stereocenters. The zero-order chi connectivity index (χ0) is 18.3. The predicted molar refractivity (Wildman–Crippen MR) is 93.2 cm³/mol. The zero-order valence-corrected chi connectivity index (χ0v) is 15.4. The summed E-state index contributed by atoms with van der Waals surface area (Å²) < 4.78 is 15.8. The van der Waals surface area contributed by atoms with Gasteiger partial charge >= 0.3 is 0 Å². The summed E-state index contributed by atoms with van der Waals surface area (Å²) in [7, 11) is 4.54. The Morgan fingerprint density at radius 3 is 2.12 bits per heavy atom. The first-order valence-electron chi connectivity index (χ1n) is 8.05. The first kappa shape index (κ1) is 20.1. The van der Waals surface area contributed by atoms with E-state index in [1.165, 1.54) is 21.3 Å². The summed E-state index contributed by atoms with van der Waals surface area (Å²) in [5.41, 5.74) is -0.237. The average Bonchev–Trinajstić information content (AvgIpc) is 2.51. The molecule has 1 amide bonds. The molecule has 0 spiro atoms. The van der Waals surface area contributed by atoms with Crippen LogP contribution in [0.15, 0.2) is 12.1 Å². The van der Waals surface area contributed by atoms with Crippen molar-refractivity contribution in [2.24, 2.45) is 0 Å². The highest BCUT2D eigenvalue weighted by Crippen LogP contribution is 2.38. The van der Waals surface area contributed by atoms with Gasteiger partial charge in [0.25, 0.3) is 5.91 Å². The van der Waals surface area contributed by atoms with Gasteiger partial charge in [0.05, 0.1) is 26.9 Å². The Balaban J connectivity index is 2.77. The Labute approximate surface area is 144 Å². The quantitative estimate of drug-likeness (QED) is 0.723. The number of amides is 1. The van der Waals surface area contributed by atoms with Gasteiger partial charge in [-0.3, -0.25) is 4.79 Å². The maximum atomic E-state index is 12.4. The van der Waals surface area contributed by atoms with Crippen LogP contribution >= 0.6 is 0 Å². The van der Waals surface area contributed by atoms with Crippen LogP contribution in [0.4, 0.5) is 0 Å². The van der Waals surface area contributed by atoms with E-state index in [1.807, 2.05) is 6.92 Å². The van der Waals surface area contributed by atoms with Crippen LogP contribution in [0.3, 0.4) is 0 Å². The number of hydrogen-bond acceptors (Lipinski definition) is 5. The number of rotatable bonds is 9. The summed E-state index contributed by atoms with van der Waals surface area (Å²) >= 11 is 0. The third-order valence-electron chi connectivity index (χ3n) is 3.73. The molecule has 0 heterocycles. The van der Waals surface area contributed by atoms with Gasteiger partial charge in [-0.15, -0.1) is 0 Å². The third-order valence-corrected chi connectivity index (χ3v) is 3.73. The second-order valence-corrected chi connectivity index (χ2v) is 6.49. The lowest BCUT2D eigenvalue weighted by Crippen LogP contribution is -2.33. The van der Waals surface area contributed by atoms with Crippen LogP contribution in [0.25, 0.3) is 0 Å². The van der Waals surface area contributed by atoms with Crippen molar-refractivity contribution in [3.63, 3.8) is 0 Å². The van der Waals surface area contributed by atoms with E-state index in [4.69, 9.17) is 14.2 Å². The van der Waals surface area contributed by atoms with Crippen molar-refractivity contribution in [2.75, 3.05) is 21.3 Å². The lowest BCUT2D eigenvalue weighted by atomic mass is 9.99. The second kappa shape index (κ2) is 8.78. The monoisotopic (exact) mass is 339 g/mol. The van der Waals surface area contributed by atoms with E-state index >= 15 is 0 Å². The molecule has 24 heavy (non-hydrogen) atoms. The SMILES string of the molecule is COc1cc(C(=O)NC(C)CCCC(C)(C)O)cc(OC)c1OC. The molecule has 0 aliphatic carbocycles. The van der Waals surface area contributed by atoms with Gasteiger partial charge in [-0.1, -0.05) is 0 Å². The van der Waals surface area contributed by atoms with Gasteiger partial charge in [0, 0.05) is 11.6 Å². The summed E-state index contributed by atoms with van der Waals surface area (Å²) in [6.45, 7) is 5.51.